The fraction of sp³-hybridized carbons (Fsp3) is 0.625. The molecule has 0 saturated heterocycles. The van der Waals surface area contributed by atoms with Gasteiger partial charge in [0.15, 0.2) is 0 Å². The molecule has 0 fully saturated rings. The predicted octanol–water partition coefficient (Wildman–Crippen LogP) is 4.06. The highest BCUT2D eigenvalue weighted by atomic mass is 19.4. The SMILES string of the molecule is CCCNC(C)c1ccc2c(c1)CCN2CCC(F)(F)F. The van der Waals surface area contributed by atoms with Gasteiger partial charge in [-0.3, -0.25) is 0 Å². The van der Waals surface area contributed by atoms with Gasteiger partial charge in [-0.1, -0.05) is 19.1 Å². The summed E-state index contributed by atoms with van der Waals surface area (Å²) in [6.45, 7) is 5.95. The third-order valence-electron chi connectivity index (χ3n) is 3.96. The molecule has 1 atom stereocenters. The summed E-state index contributed by atoms with van der Waals surface area (Å²) in [5.74, 6) is 0. The number of anilines is 1. The zero-order valence-electron chi connectivity index (χ0n) is 12.6. The predicted molar refractivity (Wildman–Crippen MR) is 79.7 cm³/mol. The average Bonchev–Trinajstić information content (AvgIpc) is 2.84. The van der Waals surface area contributed by atoms with E-state index in [1.807, 2.05) is 17.0 Å². The molecule has 0 radical (unpaired) electrons. The van der Waals surface area contributed by atoms with Crippen LogP contribution >= 0.6 is 0 Å². The summed E-state index contributed by atoms with van der Waals surface area (Å²) in [4.78, 5) is 1.84. The van der Waals surface area contributed by atoms with Crippen molar-refractivity contribution in [2.45, 2.75) is 45.3 Å². The van der Waals surface area contributed by atoms with Gasteiger partial charge >= 0.3 is 6.18 Å². The summed E-state index contributed by atoms with van der Waals surface area (Å²) >= 11 is 0. The lowest BCUT2D eigenvalue weighted by Crippen LogP contribution is -2.26. The lowest BCUT2D eigenvalue weighted by molar-refractivity contribution is -0.132. The number of benzene rings is 1. The van der Waals surface area contributed by atoms with Gasteiger partial charge in [-0.05, 0) is 43.5 Å². The van der Waals surface area contributed by atoms with Crippen molar-refractivity contribution >= 4 is 5.69 Å². The Kier molecular flexibility index (Phi) is 5.14. The maximum atomic E-state index is 12.3. The van der Waals surface area contributed by atoms with Gasteiger partial charge in [-0.2, -0.15) is 13.2 Å². The highest BCUT2D eigenvalue weighted by Crippen LogP contribution is 2.32. The van der Waals surface area contributed by atoms with Gasteiger partial charge in [0.05, 0.1) is 6.42 Å². The van der Waals surface area contributed by atoms with Gasteiger partial charge < -0.3 is 10.2 Å². The number of alkyl halides is 3. The zero-order valence-corrected chi connectivity index (χ0v) is 12.6. The highest BCUT2D eigenvalue weighted by molar-refractivity contribution is 5.59. The second-order valence-corrected chi connectivity index (χ2v) is 5.67. The molecule has 0 aromatic heterocycles. The van der Waals surface area contributed by atoms with Crippen LogP contribution in [0.5, 0.6) is 0 Å². The van der Waals surface area contributed by atoms with Gasteiger partial charge in [-0.25, -0.2) is 0 Å². The van der Waals surface area contributed by atoms with Crippen molar-refractivity contribution < 1.29 is 13.2 Å². The van der Waals surface area contributed by atoms with Crippen LogP contribution in [-0.2, 0) is 6.42 Å². The molecule has 1 aromatic carbocycles. The van der Waals surface area contributed by atoms with E-state index in [2.05, 4.69) is 25.2 Å². The van der Waals surface area contributed by atoms with Crippen LogP contribution in [0.15, 0.2) is 18.2 Å². The van der Waals surface area contributed by atoms with Gasteiger partial charge in [0, 0.05) is 24.8 Å². The summed E-state index contributed by atoms with van der Waals surface area (Å²) in [5, 5.41) is 3.43. The van der Waals surface area contributed by atoms with Crippen molar-refractivity contribution in [3.8, 4) is 0 Å². The molecule has 1 N–H and O–H groups in total. The molecule has 1 aromatic rings. The lowest BCUT2D eigenvalue weighted by Gasteiger charge is -2.21. The van der Waals surface area contributed by atoms with Crippen molar-refractivity contribution in [3.63, 3.8) is 0 Å². The van der Waals surface area contributed by atoms with Crippen LogP contribution in [0.1, 0.15) is 43.9 Å². The number of hydrogen-bond donors (Lipinski definition) is 1. The van der Waals surface area contributed by atoms with Crippen LogP contribution in [0.25, 0.3) is 0 Å². The monoisotopic (exact) mass is 300 g/mol. The van der Waals surface area contributed by atoms with E-state index in [1.54, 1.807) is 0 Å². The number of rotatable bonds is 6. The molecule has 1 aliphatic heterocycles. The fourth-order valence-corrected chi connectivity index (χ4v) is 2.73. The van der Waals surface area contributed by atoms with Crippen LogP contribution in [-0.4, -0.2) is 25.8 Å². The molecule has 0 amide bonds. The molecule has 2 nitrogen and oxygen atoms in total. The molecule has 0 saturated carbocycles. The molecule has 5 heteroatoms. The third-order valence-corrected chi connectivity index (χ3v) is 3.96. The maximum Gasteiger partial charge on any atom is 0.390 e. The Hall–Kier alpha value is -1.23. The number of fused-ring (bicyclic) bond motifs is 1. The molecule has 21 heavy (non-hydrogen) atoms. The van der Waals surface area contributed by atoms with Gasteiger partial charge in [-0.15, -0.1) is 0 Å². The molecule has 118 valence electrons. The minimum Gasteiger partial charge on any atom is -0.371 e. The van der Waals surface area contributed by atoms with Crippen LogP contribution < -0.4 is 10.2 Å². The first-order valence-corrected chi connectivity index (χ1v) is 7.58. The van der Waals surface area contributed by atoms with E-state index in [4.69, 9.17) is 0 Å². The number of hydrogen-bond acceptors (Lipinski definition) is 2. The van der Waals surface area contributed by atoms with Crippen molar-refractivity contribution in [1.29, 1.82) is 0 Å². The van der Waals surface area contributed by atoms with E-state index < -0.39 is 12.6 Å². The molecule has 0 aliphatic carbocycles. The van der Waals surface area contributed by atoms with E-state index in [0.29, 0.717) is 6.54 Å². The molecule has 1 unspecified atom stereocenters. The van der Waals surface area contributed by atoms with Crippen molar-refractivity contribution in [2.75, 3.05) is 24.5 Å². The van der Waals surface area contributed by atoms with Crippen LogP contribution in [0.4, 0.5) is 18.9 Å². The number of nitrogens with zero attached hydrogens (tertiary/aromatic N) is 1. The second kappa shape index (κ2) is 6.69. The topological polar surface area (TPSA) is 15.3 Å². The largest absolute Gasteiger partial charge is 0.390 e. The standard InChI is InChI=1S/C16H23F3N2/c1-3-8-20-12(2)13-4-5-15-14(11-13)6-9-21(15)10-7-16(17,18)19/h4-5,11-12,20H,3,6-10H2,1-2H3. The quantitative estimate of drug-likeness (QED) is 0.852. The highest BCUT2D eigenvalue weighted by Gasteiger charge is 2.29. The molecular formula is C16H23F3N2. The Morgan fingerprint density at radius 3 is 2.76 bits per heavy atom. The van der Waals surface area contributed by atoms with E-state index in [-0.39, 0.29) is 12.6 Å². The van der Waals surface area contributed by atoms with Crippen molar-refractivity contribution in [3.05, 3.63) is 29.3 Å². The van der Waals surface area contributed by atoms with E-state index in [9.17, 15) is 13.2 Å². The number of nitrogens with one attached hydrogen (secondary N) is 1. The molecular weight excluding hydrogens is 277 g/mol. The Morgan fingerprint density at radius 1 is 1.33 bits per heavy atom. The normalized spacial score (nSPS) is 16.1. The summed E-state index contributed by atoms with van der Waals surface area (Å²) in [6.07, 6.45) is -2.91. The Morgan fingerprint density at radius 2 is 2.10 bits per heavy atom. The van der Waals surface area contributed by atoms with Gasteiger partial charge in [0.2, 0.25) is 0 Å². The first kappa shape index (κ1) is 16.1. The molecule has 0 spiro atoms. The van der Waals surface area contributed by atoms with E-state index in [1.165, 1.54) is 11.1 Å². The number of halogens is 3. The average molecular weight is 300 g/mol. The van der Waals surface area contributed by atoms with E-state index >= 15 is 0 Å². The summed E-state index contributed by atoms with van der Waals surface area (Å²) in [6, 6.07) is 6.41. The fourth-order valence-electron chi connectivity index (χ4n) is 2.73. The summed E-state index contributed by atoms with van der Waals surface area (Å²) in [7, 11) is 0. The van der Waals surface area contributed by atoms with Crippen molar-refractivity contribution in [2.24, 2.45) is 0 Å². The first-order valence-electron chi connectivity index (χ1n) is 7.58. The van der Waals surface area contributed by atoms with E-state index in [0.717, 1.165) is 25.1 Å². The third kappa shape index (κ3) is 4.37. The molecule has 2 rings (SSSR count). The molecule has 1 aliphatic rings. The molecule has 1 heterocycles. The second-order valence-electron chi connectivity index (χ2n) is 5.67. The summed E-state index contributed by atoms with van der Waals surface area (Å²) < 4.78 is 37.0. The zero-order chi connectivity index (χ0) is 15.5. The Bertz CT molecular complexity index is 471. The van der Waals surface area contributed by atoms with Crippen LogP contribution in [0, 0.1) is 0 Å². The summed E-state index contributed by atoms with van der Waals surface area (Å²) in [5.41, 5.74) is 3.34. The minimum absolute atomic E-state index is 0.0550. The maximum absolute atomic E-state index is 12.3. The van der Waals surface area contributed by atoms with Crippen LogP contribution in [0.2, 0.25) is 0 Å². The van der Waals surface area contributed by atoms with Gasteiger partial charge in [0.25, 0.3) is 0 Å². The van der Waals surface area contributed by atoms with Crippen molar-refractivity contribution in [1.82, 2.24) is 5.32 Å². The lowest BCUT2D eigenvalue weighted by atomic mass is 10.0. The first-order chi connectivity index (χ1) is 9.90. The van der Waals surface area contributed by atoms with Crippen LogP contribution in [0.3, 0.4) is 0 Å². The molecule has 0 bridgehead atoms. The van der Waals surface area contributed by atoms with Gasteiger partial charge in [0.1, 0.15) is 0 Å². The minimum atomic E-state index is -4.08. The smallest absolute Gasteiger partial charge is 0.371 e. The Labute approximate surface area is 124 Å². The Balaban J connectivity index is 2.02.